The summed E-state index contributed by atoms with van der Waals surface area (Å²) in [6, 6.07) is 7.25. The molecule has 0 bridgehead atoms. The highest BCUT2D eigenvalue weighted by Gasteiger charge is 2.21. The quantitative estimate of drug-likeness (QED) is 0.797. The zero-order chi connectivity index (χ0) is 13.7. The molecule has 19 heavy (non-hydrogen) atoms. The van der Waals surface area contributed by atoms with Crippen molar-refractivity contribution in [1.29, 1.82) is 0 Å². The first-order valence-corrected chi connectivity index (χ1v) is 6.98. The first kappa shape index (κ1) is 14.2. The monoisotopic (exact) mass is 282 g/mol. The van der Waals surface area contributed by atoms with Crippen molar-refractivity contribution in [3.8, 4) is 0 Å². The number of hydrogen-bond acceptors (Lipinski definition) is 2. The molecule has 1 aliphatic carbocycles. The van der Waals surface area contributed by atoms with Gasteiger partial charge < -0.3 is 15.7 Å². The van der Waals surface area contributed by atoms with Crippen LogP contribution in [0.1, 0.15) is 31.2 Å². The van der Waals surface area contributed by atoms with E-state index >= 15 is 0 Å². The number of amides is 2. The van der Waals surface area contributed by atoms with Crippen LogP contribution in [0.3, 0.4) is 0 Å². The summed E-state index contributed by atoms with van der Waals surface area (Å²) in [4.78, 5) is 11.7. The molecule has 0 unspecified atom stereocenters. The largest absolute Gasteiger partial charge is 0.393 e. The molecule has 0 aromatic heterocycles. The van der Waals surface area contributed by atoms with Crippen molar-refractivity contribution in [3.63, 3.8) is 0 Å². The molecule has 2 atom stereocenters. The molecule has 1 fully saturated rings. The molecule has 0 aliphatic heterocycles. The number of carbonyl (C=O) groups is 1. The Morgan fingerprint density at radius 1 is 1.32 bits per heavy atom. The molecule has 1 aromatic carbocycles. The van der Waals surface area contributed by atoms with E-state index in [9.17, 15) is 9.90 Å². The van der Waals surface area contributed by atoms with Gasteiger partial charge in [0.25, 0.3) is 0 Å². The van der Waals surface area contributed by atoms with Crippen LogP contribution in [0, 0.1) is 0 Å². The van der Waals surface area contributed by atoms with Crippen molar-refractivity contribution in [3.05, 3.63) is 34.9 Å². The van der Waals surface area contributed by atoms with Crippen LogP contribution in [-0.2, 0) is 6.54 Å². The summed E-state index contributed by atoms with van der Waals surface area (Å²) in [5, 5.41) is 15.9. The lowest BCUT2D eigenvalue weighted by Crippen LogP contribution is -2.44. The van der Waals surface area contributed by atoms with Gasteiger partial charge in [-0.2, -0.15) is 0 Å². The van der Waals surface area contributed by atoms with Gasteiger partial charge in [0.15, 0.2) is 0 Å². The fourth-order valence-electron chi connectivity index (χ4n) is 2.32. The van der Waals surface area contributed by atoms with Gasteiger partial charge in [0.05, 0.1) is 6.10 Å². The molecule has 4 nitrogen and oxygen atoms in total. The molecule has 3 N–H and O–H groups in total. The predicted molar refractivity (Wildman–Crippen MR) is 75.1 cm³/mol. The van der Waals surface area contributed by atoms with E-state index in [0.29, 0.717) is 18.0 Å². The molecule has 2 amide bonds. The molecular formula is C14H19ClN2O2. The number of carbonyl (C=O) groups excluding carboxylic acids is 1. The van der Waals surface area contributed by atoms with Crippen LogP contribution in [0.5, 0.6) is 0 Å². The van der Waals surface area contributed by atoms with Crippen molar-refractivity contribution >= 4 is 17.6 Å². The van der Waals surface area contributed by atoms with Gasteiger partial charge in [-0.05, 0) is 43.4 Å². The fraction of sp³-hybridized carbons (Fsp3) is 0.500. The van der Waals surface area contributed by atoms with Gasteiger partial charge in [-0.25, -0.2) is 4.79 Å². The van der Waals surface area contributed by atoms with Gasteiger partial charge in [-0.3, -0.25) is 0 Å². The predicted octanol–water partition coefficient (Wildman–Crippen LogP) is 2.44. The third-order valence-corrected chi connectivity index (χ3v) is 3.60. The summed E-state index contributed by atoms with van der Waals surface area (Å²) in [7, 11) is 0. The summed E-state index contributed by atoms with van der Waals surface area (Å²) in [6.45, 7) is 0.471. The Hall–Kier alpha value is -1.26. The number of benzene rings is 1. The normalized spacial score (nSPS) is 22.8. The summed E-state index contributed by atoms with van der Waals surface area (Å²) in [6.07, 6.45) is 3.10. The first-order chi connectivity index (χ1) is 9.13. The Morgan fingerprint density at radius 2 is 2.05 bits per heavy atom. The molecule has 0 radical (unpaired) electrons. The van der Waals surface area contributed by atoms with Crippen molar-refractivity contribution < 1.29 is 9.90 Å². The Kier molecular flexibility index (Phi) is 5.05. The topological polar surface area (TPSA) is 61.4 Å². The highest BCUT2D eigenvalue weighted by atomic mass is 35.5. The summed E-state index contributed by atoms with van der Waals surface area (Å²) in [5.74, 6) is 0. The Balaban J connectivity index is 1.73. The Morgan fingerprint density at radius 3 is 2.74 bits per heavy atom. The minimum atomic E-state index is -0.282. The van der Waals surface area contributed by atoms with E-state index in [1.54, 1.807) is 12.1 Å². The van der Waals surface area contributed by atoms with E-state index < -0.39 is 0 Å². The van der Waals surface area contributed by atoms with E-state index in [1.165, 1.54) is 0 Å². The third kappa shape index (κ3) is 4.73. The summed E-state index contributed by atoms with van der Waals surface area (Å²) in [5.41, 5.74) is 1.00. The molecule has 2 rings (SSSR count). The number of aliphatic hydroxyl groups is 1. The van der Waals surface area contributed by atoms with Crippen LogP contribution in [0.25, 0.3) is 0 Å². The number of urea groups is 1. The smallest absolute Gasteiger partial charge is 0.315 e. The zero-order valence-electron chi connectivity index (χ0n) is 10.7. The highest BCUT2D eigenvalue weighted by Crippen LogP contribution is 2.18. The third-order valence-electron chi connectivity index (χ3n) is 3.35. The van der Waals surface area contributed by atoms with Gasteiger partial charge in [0.2, 0.25) is 0 Å². The highest BCUT2D eigenvalue weighted by molar-refractivity contribution is 6.30. The van der Waals surface area contributed by atoms with Crippen LogP contribution < -0.4 is 10.6 Å². The first-order valence-electron chi connectivity index (χ1n) is 6.60. The summed E-state index contributed by atoms with van der Waals surface area (Å²) < 4.78 is 0. The number of rotatable bonds is 3. The number of halogens is 1. The molecule has 1 aliphatic rings. The SMILES string of the molecule is O=C(NCc1ccc(Cl)cc1)N[C@@H]1CCC[C@@H](O)C1. The minimum Gasteiger partial charge on any atom is -0.393 e. The van der Waals surface area contributed by atoms with Gasteiger partial charge in [-0.1, -0.05) is 23.7 Å². The van der Waals surface area contributed by atoms with Crippen LogP contribution in [-0.4, -0.2) is 23.3 Å². The molecule has 1 aromatic rings. The zero-order valence-corrected chi connectivity index (χ0v) is 11.5. The van der Waals surface area contributed by atoms with E-state index in [-0.39, 0.29) is 18.2 Å². The Bertz CT molecular complexity index is 422. The van der Waals surface area contributed by atoms with Crippen molar-refractivity contribution in [2.75, 3.05) is 0 Å². The maximum Gasteiger partial charge on any atom is 0.315 e. The van der Waals surface area contributed by atoms with E-state index in [0.717, 1.165) is 24.8 Å². The maximum atomic E-state index is 11.7. The van der Waals surface area contributed by atoms with Gasteiger partial charge in [-0.15, -0.1) is 0 Å². The second kappa shape index (κ2) is 6.78. The molecule has 0 heterocycles. The second-order valence-corrected chi connectivity index (χ2v) is 5.41. The van der Waals surface area contributed by atoms with Crippen molar-refractivity contribution in [2.45, 2.75) is 44.4 Å². The molecule has 0 saturated heterocycles. The standard InChI is InChI=1S/C14H19ClN2O2/c15-11-6-4-10(5-7-11)9-16-14(19)17-12-2-1-3-13(18)8-12/h4-7,12-13,18H,1-3,8-9H2,(H2,16,17,19)/t12-,13-/m1/s1. The van der Waals surface area contributed by atoms with Gasteiger partial charge in [0.1, 0.15) is 0 Å². The van der Waals surface area contributed by atoms with Crippen LogP contribution in [0.15, 0.2) is 24.3 Å². The van der Waals surface area contributed by atoms with Crippen molar-refractivity contribution in [1.82, 2.24) is 10.6 Å². The fourth-order valence-corrected chi connectivity index (χ4v) is 2.44. The second-order valence-electron chi connectivity index (χ2n) is 4.97. The van der Waals surface area contributed by atoms with E-state index in [2.05, 4.69) is 10.6 Å². The molecule has 1 saturated carbocycles. The number of hydrogen-bond donors (Lipinski definition) is 3. The van der Waals surface area contributed by atoms with Gasteiger partial charge >= 0.3 is 6.03 Å². The van der Waals surface area contributed by atoms with E-state index in [1.807, 2.05) is 12.1 Å². The Labute approximate surface area is 118 Å². The lowest BCUT2D eigenvalue weighted by Gasteiger charge is -2.26. The number of nitrogens with one attached hydrogen (secondary N) is 2. The lowest BCUT2D eigenvalue weighted by molar-refractivity contribution is 0.113. The molecule has 5 heteroatoms. The summed E-state index contributed by atoms with van der Waals surface area (Å²) >= 11 is 5.79. The molecule has 104 valence electrons. The average molecular weight is 283 g/mol. The average Bonchev–Trinajstić information content (AvgIpc) is 2.38. The maximum absolute atomic E-state index is 11.7. The lowest BCUT2D eigenvalue weighted by atomic mass is 9.93. The van der Waals surface area contributed by atoms with Crippen LogP contribution in [0.2, 0.25) is 5.02 Å². The molecule has 0 spiro atoms. The van der Waals surface area contributed by atoms with Crippen LogP contribution in [0.4, 0.5) is 4.79 Å². The van der Waals surface area contributed by atoms with Crippen LogP contribution >= 0.6 is 11.6 Å². The molecular weight excluding hydrogens is 264 g/mol. The number of aliphatic hydroxyl groups excluding tert-OH is 1. The van der Waals surface area contributed by atoms with Gasteiger partial charge in [0, 0.05) is 17.6 Å². The minimum absolute atomic E-state index is 0.0777. The van der Waals surface area contributed by atoms with E-state index in [4.69, 9.17) is 11.6 Å². The van der Waals surface area contributed by atoms with Crippen molar-refractivity contribution in [2.24, 2.45) is 0 Å².